The number of carbonyl (C=O) groups is 2. The van der Waals surface area contributed by atoms with Crippen LogP contribution >= 0.6 is 0 Å². The SMILES string of the molecule is C=CC(=O)Oc1ccc(C(C)(C)c2ccc(C(=O)O)cc2)cc1. The first-order chi connectivity index (χ1) is 10.8. The molecule has 0 fully saturated rings. The zero-order valence-electron chi connectivity index (χ0n) is 13.1. The van der Waals surface area contributed by atoms with E-state index in [1.54, 1.807) is 24.3 Å². The van der Waals surface area contributed by atoms with E-state index in [9.17, 15) is 9.59 Å². The quantitative estimate of drug-likeness (QED) is 0.518. The predicted molar refractivity (Wildman–Crippen MR) is 87.8 cm³/mol. The fourth-order valence-corrected chi connectivity index (χ4v) is 2.29. The average molecular weight is 310 g/mol. The van der Waals surface area contributed by atoms with Crippen LogP contribution in [0.1, 0.15) is 35.3 Å². The summed E-state index contributed by atoms with van der Waals surface area (Å²) in [7, 11) is 0. The lowest BCUT2D eigenvalue weighted by Gasteiger charge is -2.26. The van der Waals surface area contributed by atoms with Crippen molar-refractivity contribution in [1.29, 1.82) is 0 Å². The largest absolute Gasteiger partial charge is 0.478 e. The molecule has 0 saturated heterocycles. The Morgan fingerprint density at radius 3 is 1.91 bits per heavy atom. The van der Waals surface area contributed by atoms with E-state index in [0.29, 0.717) is 5.75 Å². The van der Waals surface area contributed by atoms with Gasteiger partial charge in [-0.15, -0.1) is 0 Å². The molecule has 0 bridgehead atoms. The van der Waals surface area contributed by atoms with Gasteiger partial charge in [0.05, 0.1) is 5.56 Å². The summed E-state index contributed by atoms with van der Waals surface area (Å²) in [5.41, 5.74) is 1.98. The highest BCUT2D eigenvalue weighted by Crippen LogP contribution is 2.32. The first-order valence-corrected chi connectivity index (χ1v) is 7.13. The van der Waals surface area contributed by atoms with Crippen LogP contribution in [0.3, 0.4) is 0 Å². The molecule has 4 nitrogen and oxygen atoms in total. The second kappa shape index (κ2) is 6.48. The molecule has 4 heteroatoms. The first kappa shape index (κ1) is 16.5. The summed E-state index contributed by atoms with van der Waals surface area (Å²) in [6, 6.07) is 14.0. The molecule has 2 rings (SSSR count). The normalized spacial score (nSPS) is 10.9. The molecule has 0 aliphatic carbocycles. The van der Waals surface area contributed by atoms with E-state index in [2.05, 4.69) is 6.58 Å². The molecule has 0 unspecified atom stereocenters. The van der Waals surface area contributed by atoms with Gasteiger partial charge < -0.3 is 9.84 Å². The summed E-state index contributed by atoms with van der Waals surface area (Å²) in [5.74, 6) is -0.986. The van der Waals surface area contributed by atoms with E-state index in [4.69, 9.17) is 9.84 Å². The van der Waals surface area contributed by atoms with Gasteiger partial charge in [-0.2, -0.15) is 0 Å². The van der Waals surface area contributed by atoms with Crippen molar-refractivity contribution in [1.82, 2.24) is 0 Å². The van der Waals surface area contributed by atoms with Gasteiger partial charge in [-0.05, 0) is 35.4 Å². The molecule has 1 N–H and O–H groups in total. The zero-order chi connectivity index (χ0) is 17.0. The van der Waals surface area contributed by atoms with Gasteiger partial charge in [-0.3, -0.25) is 0 Å². The molecule has 0 aliphatic rings. The smallest absolute Gasteiger partial charge is 0.335 e. The first-order valence-electron chi connectivity index (χ1n) is 7.13. The van der Waals surface area contributed by atoms with Crippen molar-refractivity contribution in [2.45, 2.75) is 19.3 Å². The summed E-state index contributed by atoms with van der Waals surface area (Å²) in [6.45, 7) is 7.45. The number of hydrogen-bond donors (Lipinski definition) is 1. The summed E-state index contributed by atoms with van der Waals surface area (Å²) < 4.78 is 5.06. The van der Waals surface area contributed by atoms with Crippen molar-refractivity contribution in [3.8, 4) is 5.75 Å². The van der Waals surface area contributed by atoms with Crippen LogP contribution in [0, 0.1) is 0 Å². The highest BCUT2D eigenvalue weighted by molar-refractivity contribution is 5.87. The Balaban J connectivity index is 2.26. The Kier molecular flexibility index (Phi) is 4.65. The van der Waals surface area contributed by atoms with Crippen LogP contribution in [0.4, 0.5) is 0 Å². The predicted octanol–water partition coefficient (Wildman–Crippen LogP) is 3.80. The molecule has 0 atom stereocenters. The fraction of sp³-hybridized carbons (Fsp3) is 0.158. The van der Waals surface area contributed by atoms with E-state index in [0.717, 1.165) is 17.2 Å². The maximum Gasteiger partial charge on any atom is 0.335 e. The molecule has 0 spiro atoms. The number of rotatable bonds is 5. The maximum atomic E-state index is 11.2. The number of ether oxygens (including phenoxy) is 1. The van der Waals surface area contributed by atoms with E-state index >= 15 is 0 Å². The van der Waals surface area contributed by atoms with Gasteiger partial charge in [0.15, 0.2) is 0 Å². The molecule has 118 valence electrons. The Labute approximate surface area is 135 Å². The van der Waals surface area contributed by atoms with Gasteiger partial charge in [0.2, 0.25) is 0 Å². The van der Waals surface area contributed by atoms with Crippen LogP contribution in [0.5, 0.6) is 5.75 Å². The fourth-order valence-electron chi connectivity index (χ4n) is 2.29. The highest BCUT2D eigenvalue weighted by Gasteiger charge is 2.23. The van der Waals surface area contributed by atoms with Gasteiger partial charge >= 0.3 is 11.9 Å². The number of carboxylic acids is 1. The third kappa shape index (κ3) is 3.66. The van der Waals surface area contributed by atoms with E-state index in [1.807, 2.05) is 38.1 Å². The lowest BCUT2D eigenvalue weighted by Crippen LogP contribution is -2.19. The topological polar surface area (TPSA) is 63.6 Å². The van der Waals surface area contributed by atoms with E-state index in [1.165, 1.54) is 0 Å². The molecule has 0 radical (unpaired) electrons. The number of carbonyl (C=O) groups excluding carboxylic acids is 1. The van der Waals surface area contributed by atoms with Crippen LogP contribution in [-0.4, -0.2) is 17.0 Å². The van der Waals surface area contributed by atoms with Crippen molar-refractivity contribution in [2.24, 2.45) is 0 Å². The Hall–Kier alpha value is -2.88. The molecule has 2 aromatic rings. The Morgan fingerprint density at radius 2 is 1.48 bits per heavy atom. The number of aromatic carboxylic acids is 1. The van der Waals surface area contributed by atoms with Crippen LogP contribution in [-0.2, 0) is 10.2 Å². The lowest BCUT2D eigenvalue weighted by atomic mass is 9.78. The van der Waals surface area contributed by atoms with Gasteiger partial charge in [-0.1, -0.05) is 44.7 Å². The Bertz CT molecular complexity index is 725. The van der Waals surface area contributed by atoms with Crippen molar-refractivity contribution in [3.05, 3.63) is 77.9 Å². The van der Waals surface area contributed by atoms with Crippen LogP contribution in [0.2, 0.25) is 0 Å². The highest BCUT2D eigenvalue weighted by atomic mass is 16.5. The Morgan fingerprint density at radius 1 is 1.00 bits per heavy atom. The van der Waals surface area contributed by atoms with Crippen LogP contribution < -0.4 is 4.74 Å². The van der Waals surface area contributed by atoms with Crippen molar-refractivity contribution >= 4 is 11.9 Å². The molecular formula is C19H18O4. The number of esters is 1. The monoisotopic (exact) mass is 310 g/mol. The second-order valence-electron chi connectivity index (χ2n) is 5.66. The third-order valence-electron chi connectivity index (χ3n) is 3.81. The molecule has 2 aromatic carbocycles. The van der Waals surface area contributed by atoms with Crippen molar-refractivity contribution in [3.63, 3.8) is 0 Å². The molecular weight excluding hydrogens is 292 g/mol. The minimum Gasteiger partial charge on any atom is -0.478 e. The maximum absolute atomic E-state index is 11.2. The van der Waals surface area contributed by atoms with E-state index < -0.39 is 11.9 Å². The minimum absolute atomic E-state index is 0.260. The van der Waals surface area contributed by atoms with Gasteiger partial charge in [-0.25, -0.2) is 9.59 Å². The van der Waals surface area contributed by atoms with Crippen molar-refractivity contribution in [2.75, 3.05) is 0 Å². The van der Waals surface area contributed by atoms with E-state index in [-0.39, 0.29) is 11.0 Å². The average Bonchev–Trinajstić information content (AvgIpc) is 2.55. The molecule has 0 heterocycles. The molecule has 23 heavy (non-hydrogen) atoms. The van der Waals surface area contributed by atoms with Gasteiger partial charge in [0.1, 0.15) is 5.75 Å². The summed E-state index contributed by atoms with van der Waals surface area (Å²) in [5, 5.41) is 8.97. The van der Waals surface area contributed by atoms with Crippen LogP contribution in [0.15, 0.2) is 61.2 Å². The number of hydrogen-bond acceptors (Lipinski definition) is 3. The minimum atomic E-state index is -0.942. The lowest BCUT2D eigenvalue weighted by molar-refractivity contribution is -0.128. The molecule has 0 saturated carbocycles. The number of carboxylic acid groups (broad SMARTS) is 1. The molecule has 0 aliphatic heterocycles. The van der Waals surface area contributed by atoms with Gasteiger partial charge in [0, 0.05) is 11.5 Å². The molecule has 0 amide bonds. The summed E-state index contributed by atoms with van der Waals surface area (Å²) in [6.07, 6.45) is 1.11. The standard InChI is InChI=1S/C19H18O4/c1-4-17(20)23-16-11-9-15(10-12-16)19(2,3)14-7-5-13(6-8-14)18(21)22/h4-12H,1H2,2-3H3,(H,21,22). The van der Waals surface area contributed by atoms with Gasteiger partial charge in [0.25, 0.3) is 0 Å². The summed E-state index contributed by atoms with van der Waals surface area (Å²) >= 11 is 0. The van der Waals surface area contributed by atoms with Crippen molar-refractivity contribution < 1.29 is 19.4 Å². The zero-order valence-corrected chi connectivity index (χ0v) is 13.1. The summed E-state index contributed by atoms with van der Waals surface area (Å²) in [4.78, 5) is 22.1. The number of benzene rings is 2. The third-order valence-corrected chi connectivity index (χ3v) is 3.81. The molecule has 0 aromatic heterocycles. The second-order valence-corrected chi connectivity index (χ2v) is 5.66. The van der Waals surface area contributed by atoms with Crippen LogP contribution in [0.25, 0.3) is 0 Å².